The number of nitrogens with two attached hydrogens (primary N) is 1. The first-order chi connectivity index (χ1) is 12.6. The fraction of sp³-hybridized carbons (Fsp3) is 0.762. The molecule has 2 heterocycles. The molecule has 0 unspecified atom stereocenters. The van der Waals surface area contributed by atoms with Crippen LogP contribution in [0.3, 0.4) is 0 Å². The Morgan fingerprint density at radius 2 is 1.81 bits per heavy atom. The Morgan fingerprint density at radius 3 is 2.44 bits per heavy atom. The average molecular weight is 398 g/mol. The first-order valence-corrected chi connectivity index (χ1v) is 10.4. The molecular weight excluding hydrogens is 362 g/mol. The van der Waals surface area contributed by atoms with Crippen LogP contribution in [0.5, 0.6) is 0 Å². The van der Waals surface area contributed by atoms with Gasteiger partial charge in [0.2, 0.25) is 0 Å². The van der Waals surface area contributed by atoms with Gasteiger partial charge in [0, 0.05) is 37.1 Å². The molecule has 154 valence electrons. The van der Waals surface area contributed by atoms with Gasteiger partial charge in [-0.2, -0.15) is 0 Å². The van der Waals surface area contributed by atoms with E-state index in [1.807, 2.05) is 4.90 Å². The van der Waals surface area contributed by atoms with Gasteiger partial charge in [0.15, 0.2) is 0 Å². The van der Waals surface area contributed by atoms with Crippen LogP contribution in [0.2, 0.25) is 0 Å². The molecule has 1 amide bonds. The normalized spacial score (nSPS) is 19.1. The quantitative estimate of drug-likeness (QED) is 0.738. The number of ether oxygens (including phenoxy) is 1. The number of halogens is 1. The van der Waals surface area contributed by atoms with Crippen molar-refractivity contribution in [3.63, 3.8) is 0 Å². The van der Waals surface area contributed by atoms with E-state index in [9.17, 15) is 4.79 Å². The Morgan fingerprint density at radius 1 is 1.15 bits per heavy atom. The molecule has 2 aliphatic rings. The van der Waals surface area contributed by atoms with Gasteiger partial charge in [-0.1, -0.05) is 19.3 Å². The molecule has 0 atom stereocenters. The SMILES string of the molecule is Cc1cc(C(=O)N2CCC(OCCCN)CC2)c(C)n1C1CCCCC1.Cl. The van der Waals surface area contributed by atoms with Crippen molar-refractivity contribution < 1.29 is 9.53 Å². The zero-order valence-electron chi connectivity index (χ0n) is 16.9. The zero-order chi connectivity index (χ0) is 18.5. The molecule has 6 heteroatoms. The van der Waals surface area contributed by atoms with E-state index < -0.39 is 0 Å². The largest absolute Gasteiger partial charge is 0.378 e. The summed E-state index contributed by atoms with van der Waals surface area (Å²) in [6, 6.07) is 2.68. The predicted octanol–water partition coefficient (Wildman–Crippen LogP) is 4.00. The lowest BCUT2D eigenvalue weighted by Gasteiger charge is -2.32. The molecule has 1 aliphatic heterocycles. The number of amides is 1. The summed E-state index contributed by atoms with van der Waals surface area (Å²) in [6.45, 7) is 7.26. The van der Waals surface area contributed by atoms with Gasteiger partial charge in [0.1, 0.15) is 0 Å². The number of carbonyl (C=O) groups is 1. The van der Waals surface area contributed by atoms with E-state index in [4.69, 9.17) is 10.5 Å². The number of rotatable bonds is 6. The molecule has 5 nitrogen and oxygen atoms in total. The van der Waals surface area contributed by atoms with Gasteiger partial charge in [-0.25, -0.2) is 0 Å². The average Bonchev–Trinajstić information content (AvgIpc) is 2.97. The summed E-state index contributed by atoms with van der Waals surface area (Å²) < 4.78 is 8.29. The van der Waals surface area contributed by atoms with Gasteiger partial charge in [0.05, 0.1) is 11.7 Å². The van der Waals surface area contributed by atoms with E-state index >= 15 is 0 Å². The van der Waals surface area contributed by atoms with Crippen LogP contribution in [0, 0.1) is 13.8 Å². The Labute approximate surface area is 170 Å². The van der Waals surface area contributed by atoms with Crippen LogP contribution in [0.15, 0.2) is 6.07 Å². The Kier molecular flexibility index (Phi) is 8.64. The molecule has 0 aromatic carbocycles. The maximum atomic E-state index is 13.1. The minimum atomic E-state index is 0. The Hall–Kier alpha value is -1.04. The molecule has 1 aromatic rings. The van der Waals surface area contributed by atoms with Crippen molar-refractivity contribution in [3.8, 4) is 0 Å². The maximum absolute atomic E-state index is 13.1. The van der Waals surface area contributed by atoms with Gasteiger partial charge >= 0.3 is 0 Å². The molecule has 2 N–H and O–H groups in total. The Balaban J connectivity index is 0.00000261. The van der Waals surface area contributed by atoms with E-state index in [-0.39, 0.29) is 24.4 Å². The van der Waals surface area contributed by atoms with Crippen LogP contribution >= 0.6 is 12.4 Å². The number of piperidine rings is 1. The summed E-state index contributed by atoms with van der Waals surface area (Å²) in [5, 5.41) is 0. The van der Waals surface area contributed by atoms with Gasteiger partial charge in [0.25, 0.3) is 5.91 Å². The first-order valence-electron chi connectivity index (χ1n) is 10.4. The molecule has 1 aliphatic carbocycles. The van der Waals surface area contributed by atoms with E-state index in [2.05, 4.69) is 24.5 Å². The number of aromatic nitrogens is 1. The van der Waals surface area contributed by atoms with Crippen LogP contribution in [0.25, 0.3) is 0 Å². The summed E-state index contributed by atoms with van der Waals surface area (Å²) in [7, 11) is 0. The lowest BCUT2D eigenvalue weighted by atomic mass is 9.95. The second-order valence-corrected chi connectivity index (χ2v) is 7.95. The zero-order valence-corrected chi connectivity index (χ0v) is 17.7. The van der Waals surface area contributed by atoms with E-state index in [0.717, 1.165) is 50.2 Å². The molecule has 3 rings (SSSR count). The van der Waals surface area contributed by atoms with Crippen LogP contribution in [0.1, 0.15) is 79.2 Å². The highest BCUT2D eigenvalue weighted by molar-refractivity contribution is 5.95. The monoisotopic (exact) mass is 397 g/mol. The van der Waals surface area contributed by atoms with Crippen molar-refractivity contribution in [1.82, 2.24) is 9.47 Å². The summed E-state index contributed by atoms with van der Waals surface area (Å²) >= 11 is 0. The van der Waals surface area contributed by atoms with Crippen molar-refractivity contribution in [2.75, 3.05) is 26.2 Å². The topological polar surface area (TPSA) is 60.5 Å². The second kappa shape index (κ2) is 10.5. The van der Waals surface area contributed by atoms with Crippen LogP contribution in [-0.4, -0.2) is 47.7 Å². The van der Waals surface area contributed by atoms with Gasteiger partial charge < -0.3 is 19.9 Å². The van der Waals surface area contributed by atoms with E-state index in [0.29, 0.717) is 12.6 Å². The fourth-order valence-electron chi connectivity index (χ4n) is 4.62. The molecule has 0 spiro atoms. The summed E-state index contributed by atoms with van der Waals surface area (Å²) in [6.07, 6.45) is 9.50. The third-order valence-corrected chi connectivity index (χ3v) is 6.09. The Bertz CT molecular complexity index is 603. The lowest BCUT2D eigenvalue weighted by Crippen LogP contribution is -2.41. The molecule has 1 saturated heterocycles. The molecule has 1 aromatic heterocycles. The third kappa shape index (κ3) is 5.27. The highest BCUT2D eigenvalue weighted by Crippen LogP contribution is 2.32. The van der Waals surface area contributed by atoms with Gasteiger partial charge in [-0.3, -0.25) is 4.79 Å². The summed E-state index contributed by atoms with van der Waals surface area (Å²) in [4.78, 5) is 15.1. The smallest absolute Gasteiger partial charge is 0.255 e. The molecular formula is C21H36ClN3O2. The highest BCUT2D eigenvalue weighted by atomic mass is 35.5. The summed E-state index contributed by atoms with van der Waals surface area (Å²) in [5.74, 6) is 0.195. The third-order valence-electron chi connectivity index (χ3n) is 6.09. The van der Waals surface area contributed by atoms with Crippen molar-refractivity contribution in [2.45, 2.75) is 77.4 Å². The van der Waals surface area contributed by atoms with Crippen molar-refractivity contribution in [3.05, 3.63) is 23.0 Å². The number of carbonyl (C=O) groups excluding carboxylic acids is 1. The number of hydrogen-bond donors (Lipinski definition) is 1. The first kappa shape index (κ1) is 22.3. The highest BCUT2D eigenvalue weighted by Gasteiger charge is 2.28. The minimum Gasteiger partial charge on any atom is -0.378 e. The van der Waals surface area contributed by atoms with E-state index in [1.54, 1.807) is 0 Å². The maximum Gasteiger partial charge on any atom is 0.255 e. The van der Waals surface area contributed by atoms with Gasteiger partial charge in [-0.15, -0.1) is 12.4 Å². The lowest BCUT2D eigenvalue weighted by molar-refractivity contribution is 0.00842. The molecule has 27 heavy (non-hydrogen) atoms. The summed E-state index contributed by atoms with van der Waals surface area (Å²) in [5.41, 5.74) is 8.80. The van der Waals surface area contributed by atoms with Crippen LogP contribution in [-0.2, 0) is 4.74 Å². The molecule has 2 fully saturated rings. The number of likely N-dealkylation sites (tertiary alicyclic amines) is 1. The van der Waals surface area contributed by atoms with Crippen molar-refractivity contribution in [1.29, 1.82) is 0 Å². The van der Waals surface area contributed by atoms with E-state index in [1.165, 1.54) is 37.8 Å². The van der Waals surface area contributed by atoms with Crippen molar-refractivity contribution >= 4 is 18.3 Å². The van der Waals surface area contributed by atoms with Crippen LogP contribution in [0.4, 0.5) is 0 Å². The number of hydrogen-bond acceptors (Lipinski definition) is 3. The predicted molar refractivity (Wildman–Crippen MR) is 112 cm³/mol. The number of aryl methyl sites for hydroxylation is 1. The molecule has 1 saturated carbocycles. The van der Waals surface area contributed by atoms with Gasteiger partial charge in [-0.05, 0) is 58.6 Å². The molecule has 0 radical (unpaired) electrons. The fourth-order valence-corrected chi connectivity index (χ4v) is 4.62. The number of nitrogens with zero attached hydrogens (tertiary/aromatic N) is 2. The van der Waals surface area contributed by atoms with Crippen LogP contribution < -0.4 is 5.73 Å². The molecule has 0 bridgehead atoms. The van der Waals surface area contributed by atoms with Crippen molar-refractivity contribution in [2.24, 2.45) is 5.73 Å². The minimum absolute atomic E-state index is 0. The second-order valence-electron chi connectivity index (χ2n) is 7.95. The standard InChI is InChI=1S/C21H35N3O2.ClH/c1-16-15-20(17(2)24(16)18-7-4-3-5-8-18)21(25)23-12-9-19(10-13-23)26-14-6-11-22;/h15,18-19H,3-14,22H2,1-2H3;1H.